The number of hydrogen-bond acceptors (Lipinski definition) is 3. The molecule has 3 rings (SSSR count). The van der Waals surface area contributed by atoms with Gasteiger partial charge < -0.3 is 15.5 Å². The fourth-order valence-corrected chi connectivity index (χ4v) is 3.10. The van der Waals surface area contributed by atoms with Gasteiger partial charge in [0.15, 0.2) is 0 Å². The first kappa shape index (κ1) is 16.8. The van der Waals surface area contributed by atoms with Crippen LogP contribution in [0.15, 0.2) is 24.3 Å². The second-order valence-electron chi connectivity index (χ2n) is 6.00. The molecule has 0 radical (unpaired) electrons. The normalized spacial score (nSPS) is 24.5. The van der Waals surface area contributed by atoms with Crippen molar-refractivity contribution >= 4 is 29.9 Å². The molecule has 0 spiro atoms. The van der Waals surface area contributed by atoms with E-state index in [2.05, 4.69) is 0 Å². The van der Waals surface area contributed by atoms with Gasteiger partial charge in [0, 0.05) is 31.4 Å². The van der Waals surface area contributed by atoms with Crippen molar-refractivity contribution in [2.24, 2.45) is 11.7 Å². The fourth-order valence-electron chi connectivity index (χ4n) is 3.10. The highest BCUT2D eigenvalue weighted by Crippen LogP contribution is 2.27. The molecule has 2 N–H and O–H groups in total. The summed E-state index contributed by atoms with van der Waals surface area (Å²) in [5.41, 5.74) is 7.87. The summed E-state index contributed by atoms with van der Waals surface area (Å²) in [6.07, 6.45) is 1.42. The summed E-state index contributed by atoms with van der Waals surface area (Å²) in [5, 5.41) is 0. The number of nitrogens with two attached hydrogens (primary N) is 1. The van der Waals surface area contributed by atoms with Crippen LogP contribution in [0.25, 0.3) is 0 Å². The number of anilines is 1. The van der Waals surface area contributed by atoms with Crippen molar-refractivity contribution in [1.82, 2.24) is 4.90 Å². The van der Waals surface area contributed by atoms with E-state index in [1.165, 1.54) is 0 Å². The van der Waals surface area contributed by atoms with Gasteiger partial charge in [-0.2, -0.15) is 0 Å². The molecule has 1 aromatic rings. The van der Waals surface area contributed by atoms with Crippen LogP contribution in [0.5, 0.6) is 0 Å². The van der Waals surface area contributed by atoms with E-state index in [1.54, 1.807) is 9.80 Å². The second kappa shape index (κ2) is 6.67. The number of carbonyl (C=O) groups is 2. The Hall–Kier alpha value is -1.59. The standard InChI is InChI=1S/C16H21N3O2.ClH/c1-11-2-4-13(5-3-11)19-9-7-14(16(19)21)15(20)18-8-6-12(17)10-18;/h2-5,12,14H,6-10,17H2,1H3;1H/t12-,14?;/m1./s1. The number of rotatable bonds is 2. The molecule has 22 heavy (non-hydrogen) atoms. The highest BCUT2D eigenvalue weighted by molar-refractivity contribution is 6.09. The summed E-state index contributed by atoms with van der Waals surface area (Å²) in [5.74, 6) is -0.663. The van der Waals surface area contributed by atoms with Crippen LogP contribution in [0.1, 0.15) is 18.4 Å². The maximum absolute atomic E-state index is 12.5. The summed E-state index contributed by atoms with van der Waals surface area (Å²) in [6, 6.07) is 7.89. The molecule has 5 nitrogen and oxygen atoms in total. The molecule has 0 saturated carbocycles. The number of benzene rings is 1. The molecule has 2 heterocycles. The van der Waals surface area contributed by atoms with E-state index in [4.69, 9.17) is 5.73 Å². The van der Waals surface area contributed by atoms with Crippen molar-refractivity contribution in [2.75, 3.05) is 24.5 Å². The fraction of sp³-hybridized carbons (Fsp3) is 0.500. The smallest absolute Gasteiger partial charge is 0.239 e. The Morgan fingerprint density at radius 1 is 1.18 bits per heavy atom. The van der Waals surface area contributed by atoms with Gasteiger partial charge in [-0.1, -0.05) is 17.7 Å². The molecule has 0 bridgehead atoms. The molecule has 2 amide bonds. The van der Waals surface area contributed by atoms with Gasteiger partial charge in [-0.25, -0.2) is 0 Å². The van der Waals surface area contributed by atoms with Crippen molar-refractivity contribution in [3.05, 3.63) is 29.8 Å². The summed E-state index contributed by atoms with van der Waals surface area (Å²) < 4.78 is 0. The van der Waals surface area contributed by atoms with E-state index < -0.39 is 5.92 Å². The minimum atomic E-state index is -0.531. The number of nitrogens with zero attached hydrogens (tertiary/aromatic N) is 2. The van der Waals surface area contributed by atoms with E-state index in [9.17, 15) is 9.59 Å². The highest BCUT2D eigenvalue weighted by atomic mass is 35.5. The molecule has 6 heteroatoms. The third-order valence-corrected chi connectivity index (χ3v) is 4.39. The second-order valence-corrected chi connectivity index (χ2v) is 6.00. The van der Waals surface area contributed by atoms with E-state index in [0.29, 0.717) is 26.1 Å². The van der Waals surface area contributed by atoms with Crippen LogP contribution >= 0.6 is 12.4 Å². The van der Waals surface area contributed by atoms with Crippen LogP contribution < -0.4 is 10.6 Å². The van der Waals surface area contributed by atoms with Crippen LogP contribution in [-0.2, 0) is 9.59 Å². The maximum Gasteiger partial charge on any atom is 0.239 e. The maximum atomic E-state index is 12.5. The lowest BCUT2D eigenvalue weighted by Crippen LogP contribution is -2.40. The zero-order valence-corrected chi connectivity index (χ0v) is 13.5. The van der Waals surface area contributed by atoms with Gasteiger partial charge in [-0.15, -0.1) is 12.4 Å². The molecule has 0 aliphatic carbocycles. The van der Waals surface area contributed by atoms with Crippen LogP contribution in [0, 0.1) is 12.8 Å². The predicted molar refractivity (Wildman–Crippen MR) is 88.1 cm³/mol. The van der Waals surface area contributed by atoms with E-state index in [1.807, 2.05) is 31.2 Å². The van der Waals surface area contributed by atoms with Crippen molar-refractivity contribution in [2.45, 2.75) is 25.8 Å². The number of carbonyl (C=O) groups excluding carboxylic acids is 2. The van der Waals surface area contributed by atoms with Gasteiger partial charge in [0.05, 0.1) is 0 Å². The van der Waals surface area contributed by atoms with Gasteiger partial charge in [-0.05, 0) is 31.9 Å². The first-order chi connectivity index (χ1) is 10.1. The zero-order valence-electron chi connectivity index (χ0n) is 12.7. The monoisotopic (exact) mass is 323 g/mol. The minimum absolute atomic E-state index is 0. The quantitative estimate of drug-likeness (QED) is 0.835. The Balaban J connectivity index is 0.00000176. The lowest BCUT2D eigenvalue weighted by atomic mass is 10.1. The van der Waals surface area contributed by atoms with Gasteiger partial charge in [0.25, 0.3) is 0 Å². The van der Waals surface area contributed by atoms with Crippen LogP contribution in [0.3, 0.4) is 0 Å². The first-order valence-electron chi connectivity index (χ1n) is 7.48. The van der Waals surface area contributed by atoms with E-state index >= 15 is 0 Å². The zero-order chi connectivity index (χ0) is 15.0. The Morgan fingerprint density at radius 3 is 2.45 bits per heavy atom. The Morgan fingerprint density at radius 2 is 1.86 bits per heavy atom. The lowest BCUT2D eigenvalue weighted by molar-refractivity contribution is -0.139. The third-order valence-electron chi connectivity index (χ3n) is 4.39. The molecule has 2 atom stereocenters. The molecule has 2 aliphatic heterocycles. The van der Waals surface area contributed by atoms with Crippen molar-refractivity contribution in [3.8, 4) is 0 Å². The van der Waals surface area contributed by atoms with Crippen molar-refractivity contribution < 1.29 is 9.59 Å². The highest BCUT2D eigenvalue weighted by Gasteiger charge is 2.40. The molecule has 2 saturated heterocycles. The van der Waals surface area contributed by atoms with Crippen LogP contribution in [0.4, 0.5) is 5.69 Å². The summed E-state index contributed by atoms with van der Waals surface area (Å²) in [4.78, 5) is 28.4. The average Bonchev–Trinajstić information content (AvgIpc) is 3.06. The first-order valence-corrected chi connectivity index (χ1v) is 7.48. The molecule has 2 fully saturated rings. The molecule has 1 aromatic carbocycles. The summed E-state index contributed by atoms with van der Waals surface area (Å²) in [7, 11) is 0. The SMILES string of the molecule is Cc1ccc(N2CCC(C(=O)N3CC[C@@H](N)C3)C2=O)cc1.Cl. The Bertz CT molecular complexity index is 561. The molecule has 1 unspecified atom stereocenters. The van der Waals surface area contributed by atoms with Gasteiger partial charge >= 0.3 is 0 Å². The number of hydrogen-bond donors (Lipinski definition) is 1. The molecular formula is C16H22ClN3O2. The predicted octanol–water partition coefficient (Wildman–Crippen LogP) is 1.33. The topological polar surface area (TPSA) is 66.6 Å². The van der Waals surface area contributed by atoms with E-state index in [0.717, 1.165) is 17.7 Å². The van der Waals surface area contributed by atoms with Crippen LogP contribution in [-0.4, -0.2) is 42.4 Å². The molecule has 120 valence electrons. The number of aryl methyl sites for hydroxylation is 1. The van der Waals surface area contributed by atoms with E-state index in [-0.39, 0.29) is 30.3 Å². The summed E-state index contributed by atoms with van der Waals surface area (Å²) in [6.45, 7) is 3.87. The molecular weight excluding hydrogens is 302 g/mol. The van der Waals surface area contributed by atoms with Crippen LogP contribution in [0.2, 0.25) is 0 Å². The van der Waals surface area contributed by atoms with Gasteiger partial charge in [0.1, 0.15) is 5.92 Å². The number of amides is 2. The van der Waals surface area contributed by atoms with Gasteiger partial charge in [0.2, 0.25) is 11.8 Å². The number of halogens is 1. The Labute approximate surface area is 136 Å². The van der Waals surface area contributed by atoms with Crippen molar-refractivity contribution in [3.63, 3.8) is 0 Å². The summed E-state index contributed by atoms with van der Waals surface area (Å²) >= 11 is 0. The average molecular weight is 324 g/mol. The number of likely N-dealkylation sites (tertiary alicyclic amines) is 1. The molecule has 2 aliphatic rings. The Kier molecular flexibility index (Phi) is 5.08. The third kappa shape index (κ3) is 3.10. The van der Waals surface area contributed by atoms with Gasteiger partial charge in [-0.3, -0.25) is 9.59 Å². The lowest BCUT2D eigenvalue weighted by Gasteiger charge is -2.20. The minimum Gasteiger partial charge on any atom is -0.340 e. The molecule has 0 aromatic heterocycles. The van der Waals surface area contributed by atoms with Crippen molar-refractivity contribution in [1.29, 1.82) is 0 Å². The largest absolute Gasteiger partial charge is 0.340 e.